The van der Waals surface area contributed by atoms with E-state index in [1.165, 1.54) is 0 Å². The molecule has 1 heterocycles. The molecular weight excluding hydrogens is 290 g/mol. The molecule has 1 aromatic rings. The van der Waals surface area contributed by atoms with Gasteiger partial charge in [-0.3, -0.25) is 14.5 Å². The van der Waals surface area contributed by atoms with Crippen molar-refractivity contribution in [3.63, 3.8) is 0 Å². The van der Waals surface area contributed by atoms with Crippen LogP contribution in [0.2, 0.25) is 0 Å². The summed E-state index contributed by atoms with van der Waals surface area (Å²) >= 11 is 0. The molecule has 126 valence electrons. The summed E-state index contributed by atoms with van der Waals surface area (Å²) in [5.41, 5.74) is 2.98. The summed E-state index contributed by atoms with van der Waals surface area (Å²) in [5, 5.41) is 2.90. The minimum absolute atomic E-state index is 0.0503. The number of rotatable bonds is 4. The predicted molar refractivity (Wildman–Crippen MR) is 91.5 cm³/mol. The van der Waals surface area contributed by atoms with Crippen molar-refractivity contribution >= 4 is 11.8 Å². The predicted octanol–water partition coefficient (Wildman–Crippen LogP) is 1.59. The van der Waals surface area contributed by atoms with Gasteiger partial charge in [0.15, 0.2) is 0 Å². The van der Waals surface area contributed by atoms with Gasteiger partial charge in [0.25, 0.3) is 5.91 Å². The molecule has 2 rings (SSSR count). The summed E-state index contributed by atoms with van der Waals surface area (Å²) in [5.74, 6) is 0.145. The van der Waals surface area contributed by atoms with Gasteiger partial charge in [-0.05, 0) is 44.9 Å². The van der Waals surface area contributed by atoms with Crippen molar-refractivity contribution in [1.82, 2.24) is 15.1 Å². The monoisotopic (exact) mass is 317 g/mol. The quantitative estimate of drug-likeness (QED) is 0.917. The first kappa shape index (κ1) is 17.5. The normalized spacial score (nSPS) is 15.8. The second kappa shape index (κ2) is 7.59. The smallest absolute Gasteiger partial charge is 0.254 e. The summed E-state index contributed by atoms with van der Waals surface area (Å²) in [6.45, 7) is 11.2. The maximum absolute atomic E-state index is 12.7. The molecule has 5 nitrogen and oxygen atoms in total. The van der Waals surface area contributed by atoms with Gasteiger partial charge in [0.2, 0.25) is 5.91 Å². The molecule has 0 unspecified atom stereocenters. The molecule has 0 saturated carbocycles. The Balaban J connectivity index is 1.90. The lowest BCUT2D eigenvalue weighted by atomic mass is 10.0. The number of hydrogen-bond acceptors (Lipinski definition) is 3. The molecule has 0 bridgehead atoms. The molecule has 1 N–H and O–H groups in total. The van der Waals surface area contributed by atoms with E-state index in [1.54, 1.807) is 0 Å². The number of carbonyl (C=O) groups excluding carboxylic acids is 2. The summed E-state index contributed by atoms with van der Waals surface area (Å²) in [6, 6.07) is 6.02. The first-order valence-electron chi connectivity index (χ1n) is 8.25. The van der Waals surface area contributed by atoms with Gasteiger partial charge < -0.3 is 10.2 Å². The molecule has 1 fully saturated rings. The minimum Gasteiger partial charge on any atom is -0.353 e. The van der Waals surface area contributed by atoms with Crippen molar-refractivity contribution in [2.24, 2.45) is 0 Å². The molecular formula is C18H27N3O2. The maximum atomic E-state index is 12.7. The van der Waals surface area contributed by atoms with Gasteiger partial charge in [-0.25, -0.2) is 0 Å². The molecule has 2 amide bonds. The van der Waals surface area contributed by atoms with Crippen molar-refractivity contribution in [3.05, 3.63) is 34.9 Å². The van der Waals surface area contributed by atoms with Crippen LogP contribution in [0.5, 0.6) is 0 Å². The molecule has 0 atom stereocenters. The lowest BCUT2D eigenvalue weighted by molar-refractivity contribution is -0.123. The Hall–Kier alpha value is -1.88. The summed E-state index contributed by atoms with van der Waals surface area (Å²) in [4.78, 5) is 28.5. The molecule has 0 aliphatic carbocycles. The third kappa shape index (κ3) is 4.55. The third-order valence-corrected chi connectivity index (χ3v) is 4.31. The number of nitrogens with zero attached hydrogens (tertiary/aromatic N) is 2. The molecule has 1 saturated heterocycles. The van der Waals surface area contributed by atoms with E-state index >= 15 is 0 Å². The van der Waals surface area contributed by atoms with Crippen molar-refractivity contribution in [2.45, 2.75) is 33.7 Å². The standard InChI is InChI=1S/C18H27N3O2/c1-13(2)19-17(22)12-20-8-10-21(11-9-20)18(23)16-7-5-6-14(3)15(16)4/h5-7,13H,8-12H2,1-4H3,(H,19,22). The zero-order valence-corrected chi connectivity index (χ0v) is 14.6. The van der Waals surface area contributed by atoms with Crippen molar-refractivity contribution in [2.75, 3.05) is 32.7 Å². The van der Waals surface area contributed by atoms with E-state index in [9.17, 15) is 9.59 Å². The highest BCUT2D eigenvalue weighted by molar-refractivity contribution is 5.96. The molecule has 1 aromatic carbocycles. The van der Waals surface area contributed by atoms with Crippen LogP contribution in [0, 0.1) is 13.8 Å². The van der Waals surface area contributed by atoms with Crippen molar-refractivity contribution in [1.29, 1.82) is 0 Å². The van der Waals surface area contributed by atoms with Crippen LogP contribution in [0.3, 0.4) is 0 Å². The number of carbonyl (C=O) groups is 2. The van der Waals surface area contributed by atoms with Crippen molar-refractivity contribution < 1.29 is 9.59 Å². The van der Waals surface area contributed by atoms with Crippen LogP contribution in [-0.2, 0) is 4.79 Å². The highest BCUT2D eigenvalue weighted by atomic mass is 16.2. The second-order valence-corrected chi connectivity index (χ2v) is 6.54. The molecule has 1 aliphatic rings. The maximum Gasteiger partial charge on any atom is 0.254 e. The Labute approximate surface area is 138 Å². The van der Waals surface area contributed by atoms with Gasteiger partial charge in [0.05, 0.1) is 6.54 Å². The largest absolute Gasteiger partial charge is 0.353 e. The van der Waals surface area contributed by atoms with Gasteiger partial charge in [-0.15, -0.1) is 0 Å². The zero-order valence-electron chi connectivity index (χ0n) is 14.6. The van der Waals surface area contributed by atoms with E-state index in [4.69, 9.17) is 0 Å². The number of benzene rings is 1. The summed E-state index contributed by atoms with van der Waals surface area (Å²) in [6.07, 6.45) is 0. The first-order chi connectivity index (χ1) is 10.9. The molecule has 0 spiro atoms. The fraction of sp³-hybridized carbons (Fsp3) is 0.556. The average Bonchev–Trinajstić information content (AvgIpc) is 2.49. The Bertz CT molecular complexity index is 576. The fourth-order valence-electron chi connectivity index (χ4n) is 2.83. The third-order valence-electron chi connectivity index (χ3n) is 4.31. The van der Waals surface area contributed by atoms with E-state index < -0.39 is 0 Å². The molecule has 0 aromatic heterocycles. The van der Waals surface area contributed by atoms with E-state index in [2.05, 4.69) is 10.2 Å². The van der Waals surface area contributed by atoms with Gasteiger partial charge in [0.1, 0.15) is 0 Å². The summed E-state index contributed by atoms with van der Waals surface area (Å²) in [7, 11) is 0. The lowest BCUT2D eigenvalue weighted by Crippen LogP contribution is -2.51. The zero-order chi connectivity index (χ0) is 17.0. The van der Waals surface area contributed by atoms with Crippen LogP contribution >= 0.6 is 0 Å². The molecule has 1 aliphatic heterocycles. The topological polar surface area (TPSA) is 52.7 Å². The molecule has 0 radical (unpaired) electrons. The van der Waals surface area contributed by atoms with Crippen LogP contribution in [0.25, 0.3) is 0 Å². The highest BCUT2D eigenvalue weighted by Gasteiger charge is 2.24. The van der Waals surface area contributed by atoms with Gasteiger partial charge in [-0.1, -0.05) is 12.1 Å². The van der Waals surface area contributed by atoms with E-state index in [1.807, 2.05) is 50.8 Å². The van der Waals surface area contributed by atoms with Gasteiger partial charge in [-0.2, -0.15) is 0 Å². The number of piperazine rings is 1. The van der Waals surface area contributed by atoms with Crippen LogP contribution in [0.4, 0.5) is 0 Å². The van der Waals surface area contributed by atoms with Gasteiger partial charge in [0, 0.05) is 37.8 Å². The Kier molecular flexibility index (Phi) is 5.77. The minimum atomic E-state index is 0.0503. The van der Waals surface area contributed by atoms with E-state index in [0.717, 1.165) is 29.8 Å². The van der Waals surface area contributed by atoms with Crippen LogP contribution in [-0.4, -0.2) is 60.4 Å². The average molecular weight is 317 g/mol. The van der Waals surface area contributed by atoms with Crippen LogP contribution < -0.4 is 5.32 Å². The van der Waals surface area contributed by atoms with E-state index in [0.29, 0.717) is 19.6 Å². The van der Waals surface area contributed by atoms with Crippen LogP contribution in [0.15, 0.2) is 18.2 Å². The van der Waals surface area contributed by atoms with Gasteiger partial charge >= 0.3 is 0 Å². The molecule has 23 heavy (non-hydrogen) atoms. The van der Waals surface area contributed by atoms with Crippen LogP contribution in [0.1, 0.15) is 35.3 Å². The number of amides is 2. The Morgan fingerprint density at radius 2 is 1.78 bits per heavy atom. The SMILES string of the molecule is Cc1cccc(C(=O)N2CCN(CC(=O)NC(C)C)CC2)c1C. The lowest BCUT2D eigenvalue weighted by Gasteiger charge is -2.34. The van der Waals surface area contributed by atoms with E-state index in [-0.39, 0.29) is 17.9 Å². The molecule has 5 heteroatoms. The first-order valence-corrected chi connectivity index (χ1v) is 8.25. The summed E-state index contributed by atoms with van der Waals surface area (Å²) < 4.78 is 0. The van der Waals surface area contributed by atoms with Crippen molar-refractivity contribution in [3.8, 4) is 0 Å². The number of aryl methyl sites for hydroxylation is 1. The number of nitrogens with one attached hydrogen (secondary N) is 1. The second-order valence-electron chi connectivity index (χ2n) is 6.54. The Morgan fingerprint density at radius 3 is 2.39 bits per heavy atom. The number of hydrogen-bond donors (Lipinski definition) is 1. The fourth-order valence-corrected chi connectivity index (χ4v) is 2.83. The Morgan fingerprint density at radius 1 is 1.13 bits per heavy atom. The highest BCUT2D eigenvalue weighted by Crippen LogP contribution is 2.16.